The van der Waals surface area contributed by atoms with Crippen LogP contribution in [0.2, 0.25) is 0 Å². The van der Waals surface area contributed by atoms with Crippen molar-refractivity contribution in [2.75, 3.05) is 27.2 Å². The van der Waals surface area contributed by atoms with Gasteiger partial charge in [-0.3, -0.25) is 4.79 Å². The van der Waals surface area contributed by atoms with Crippen molar-refractivity contribution in [2.45, 2.75) is 71.6 Å². The Morgan fingerprint density at radius 3 is 2.38 bits per heavy atom. The maximum absolute atomic E-state index is 12.1. The number of phenolic OH excluding ortho intramolecular Hbond substituents is 1. The largest absolute Gasteiger partial charge is 0.507 e. The Hall–Kier alpha value is -1.55. The predicted molar refractivity (Wildman–Crippen MR) is 110 cm³/mol. The highest BCUT2D eigenvalue weighted by Crippen LogP contribution is 2.34. The minimum atomic E-state index is -0.111. The van der Waals surface area contributed by atoms with Crippen LogP contribution < -0.4 is 5.32 Å². The minimum absolute atomic E-state index is 0.111. The van der Waals surface area contributed by atoms with Crippen molar-refractivity contribution in [3.63, 3.8) is 0 Å². The smallest absolute Gasteiger partial charge is 0.220 e. The molecule has 0 aliphatic heterocycles. The lowest BCUT2D eigenvalue weighted by atomic mass is 9.83. The van der Waals surface area contributed by atoms with E-state index in [9.17, 15) is 9.90 Å². The Morgan fingerprint density at radius 1 is 1.12 bits per heavy atom. The van der Waals surface area contributed by atoms with Crippen molar-refractivity contribution in [3.05, 3.63) is 28.8 Å². The summed E-state index contributed by atoms with van der Waals surface area (Å²) < 4.78 is 0. The van der Waals surface area contributed by atoms with Crippen LogP contribution in [0.3, 0.4) is 0 Å². The van der Waals surface area contributed by atoms with Gasteiger partial charge in [0.1, 0.15) is 5.75 Å². The van der Waals surface area contributed by atoms with Gasteiger partial charge >= 0.3 is 0 Å². The number of amides is 1. The molecule has 0 aliphatic carbocycles. The van der Waals surface area contributed by atoms with E-state index in [-0.39, 0.29) is 11.3 Å². The van der Waals surface area contributed by atoms with Crippen molar-refractivity contribution in [1.29, 1.82) is 0 Å². The van der Waals surface area contributed by atoms with Gasteiger partial charge in [0.25, 0.3) is 0 Å². The first kappa shape index (κ1) is 22.5. The number of hydrogen-bond acceptors (Lipinski definition) is 3. The van der Waals surface area contributed by atoms with E-state index in [1.165, 1.54) is 19.3 Å². The third-order valence-electron chi connectivity index (χ3n) is 4.66. The first-order valence-corrected chi connectivity index (χ1v) is 9.85. The zero-order valence-corrected chi connectivity index (χ0v) is 17.6. The van der Waals surface area contributed by atoms with Crippen LogP contribution in [-0.2, 0) is 16.6 Å². The van der Waals surface area contributed by atoms with Crippen LogP contribution in [-0.4, -0.2) is 43.1 Å². The molecule has 1 amide bonds. The summed E-state index contributed by atoms with van der Waals surface area (Å²) in [6.45, 7) is 10.1. The number of nitrogens with one attached hydrogen (secondary N) is 1. The zero-order chi connectivity index (χ0) is 19.7. The lowest BCUT2D eigenvalue weighted by Gasteiger charge is -2.22. The molecule has 1 rings (SSSR count). The van der Waals surface area contributed by atoms with E-state index in [1.54, 1.807) is 0 Å². The second-order valence-corrected chi connectivity index (χ2v) is 8.63. The molecule has 2 N–H and O–H groups in total. The molecule has 148 valence electrons. The average molecular weight is 363 g/mol. The normalized spacial score (nSPS) is 11.8. The average Bonchev–Trinajstić information content (AvgIpc) is 2.53. The molecule has 1 aromatic carbocycles. The summed E-state index contributed by atoms with van der Waals surface area (Å²) >= 11 is 0. The van der Waals surface area contributed by atoms with Gasteiger partial charge in [0.05, 0.1) is 0 Å². The van der Waals surface area contributed by atoms with Crippen molar-refractivity contribution in [1.82, 2.24) is 10.2 Å². The Balaban J connectivity index is 2.36. The Bertz CT molecular complexity index is 574. The van der Waals surface area contributed by atoms with E-state index in [1.807, 2.05) is 19.1 Å². The van der Waals surface area contributed by atoms with Crippen molar-refractivity contribution >= 4 is 5.91 Å². The van der Waals surface area contributed by atoms with Gasteiger partial charge in [-0.2, -0.15) is 0 Å². The second kappa shape index (κ2) is 10.6. The third-order valence-corrected chi connectivity index (χ3v) is 4.66. The van der Waals surface area contributed by atoms with E-state index in [0.717, 1.165) is 36.2 Å². The van der Waals surface area contributed by atoms with Gasteiger partial charge in [-0.05, 0) is 68.9 Å². The van der Waals surface area contributed by atoms with E-state index in [2.05, 4.69) is 45.1 Å². The third kappa shape index (κ3) is 8.22. The topological polar surface area (TPSA) is 52.6 Å². The van der Waals surface area contributed by atoms with Crippen molar-refractivity contribution in [3.8, 4) is 5.75 Å². The fourth-order valence-electron chi connectivity index (χ4n) is 3.05. The van der Waals surface area contributed by atoms with E-state index < -0.39 is 0 Å². The summed E-state index contributed by atoms with van der Waals surface area (Å²) in [5.41, 5.74) is 2.83. The number of aryl methyl sites for hydroxylation is 2. The Kier molecular flexibility index (Phi) is 9.14. The summed E-state index contributed by atoms with van der Waals surface area (Å²) in [4.78, 5) is 14.3. The second-order valence-electron chi connectivity index (χ2n) is 8.63. The van der Waals surface area contributed by atoms with E-state index in [0.29, 0.717) is 18.6 Å². The number of nitrogens with zero attached hydrogens (tertiary/aromatic N) is 1. The first-order chi connectivity index (χ1) is 12.1. The molecular weight excluding hydrogens is 324 g/mol. The summed E-state index contributed by atoms with van der Waals surface area (Å²) in [5, 5.41) is 13.3. The molecule has 4 heteroatoms. The van der Waals surface area contributed by atoms with E-state index >= 15 is 0 Å². The Morgan fingerprint density at radius 2 is 1.77 bits per heavy atom. The molecule has 1 aromatic rings. The van der Waals surface area contributed by atoms with Crippen LogP contribution in [0.25, 0.3) is 0 Å². The van der Waals surface area contributed by atoms with Crippen LogP contribution in [0, 0.1) is 6.92 Å². The van der Waals surface area contributed by atoms with Gasteiger partial charge in [0.2, 0.25) is 5.91 Å². The number of aromatic hydroxyl groups is 1. The molecule has 0 saturated heterocycles. The van der Waals surface area contributed by atoms with Crippen LogP contribution in [0.1, 0.15) is 69.6 Å². The molecular formula is C22H38N2O2. The first-order valence-electron chi connectivity index (χ1n) is 9.85. The number of carbonyl (C=O) groups excluding carboxylic acids is 1. The molecule has 0 spiro atoms. The van der Waals surface area contributed by atoms with Gasteiger partial charge < -0.3 is 15.3 Å². The van der Waals surface area contributed by atoms with Crippen LogP contribution in [0.15, 0.2) is 12.1 Å². The molecule has 0 heterocycles. The number of carbonyl (C=O) groups is 1. The summed E-state index contributed by atoms with van der Waals surface area (Å²) in [5.74, 6) is 0.487. The highest BCUT2D eigenvalue weighted by molar-refractivity contribution is 5.76. The van der Waals surface area contributed by atoms with Gasteiger partial charge in [-0.1, -0.05) is 45.7 Å². The molecule has 0 unspecified atom stereocenters. The SMILES string of the molecule is Cc1cc(CCC(=O)NCCCCCCN(C)C)cc(C(C)(C)C)c1O. The monoisotopic (exact) mass is 362 g/mol. The van der Waals surface area contributed by atoms with Gasteiger partial charge in [0, 0.05) is 13.0 Å². The lowest BCUT2D eigenvalue weighted by molar-refractivity contribution is -0.121. The molecule has 0 atom stereocenters. The van der Waals surface area contributed by atoms with Gasteiger partial charge in [-0.15, -0.1) is 0 Å². The fraction of sp³-hybridized carbons (Fsp3) is 0.682. The fourth-order valence-corrected chi connectivity index (χ4v) is 3.05. The van der Waals surface area contributed by atoms with Gasteiger partial charge in [0.15, 0.2) is 0 Å². The number of rotatable bonds is 10. The number of unbranched alkanes of at least 4 members (excludes halogenated alkanes) is 3. The number of benzene rings is 1. The van der Waals surface area contributed by atoms with Crippen molar-refractivity contribution < 1.29 is 9.90 Å². The lowest BCUT2D eigenvalue weighted by Crippen LogP contribution is -2.24. The maximum Gasteiger partial charge on any atom is 0.220 e. The number of hydrogen-bond donors (Lipinski definition) is 2. The van der Waals surface area contributed by atoms with Crippen LogP contribution >= 0.6 is 0 Å². The summed E-state index contributed by atoms with van der Waals surface area (Å²) in [6, 6.07) is 4.03. The van der Waals surface area contributed by atoms with Crippen molar-refractivity contribution in [2.24, 2.45) is 0 Å². The molecule has 26 heavy (non-hydrogen) atoms. The molecule has 0 aliphatic rings. The summed E-state index contributed by atoms with van der Waals surface area (Å²) in [6.07, 6.45) is 5.85. The predicted octanol–water partition coefficient (Wildman–Crippen LogP) is 4.17. The zero-order valence-electron chi connectivity index (χ0n) is 17.6. The van der Waals surface area contributed by atoms with Crippen LogP contribution in [0.5, 0.6) is 5.75 Å². The van der Waals surface area contributed by atoms with E-state index in [4.69, 9.17) is 0 Å². The van der Waals surface area contributed by atoms with Gasteiger partial charge in [-0.25, -0.2) is 0 Å². The highest BCUT2D eigenvalue weighted by Gasteiger charge is 2.20. The highest BCUT2D eigenvalue weighted by atomic mass is 16.3. The molecule has 0 saturated carbocycles. The minimum Gasteiger partial charge on any atom is -0.507 e. The molecule has 0 fully saturated rings. The standard InChI is InChI=1S/C22H38N2O2/c1-17-15-18(16-19(21(17)26)22(2,3)4)11-12-20(25)23-13-9-7-8-10-14-24(5)6/h15-16,26H,7-14H2,1-6H3,(H,23,25). The molecule has 0 radical (unpaired) electrons. The molecule has 4 nitrogen and oxygen atoms in total. The van der Waals surface area contributed by atoms with Crippen LogP contribution in [0.4, 0.5) is 0 Å². The Labute approximate surface area is 160 Å². The quantitative estimate of drug-likeness (QED) is 0.614. The molecule has 0 aromatic heterocycles. The summed E-state index contributed by atoms with van der Waals surface area (Å²) in [7, 11) is 4.19. The maximum atomic E-state index is 12.1. The number of phenols is 1. The molecule has 0 bridgehead atoms.